The number of rotatable bonds is 5. The van der Waals surface area contributed by atoms with Gasteiger partial charge >= 0.3 is 0 Å². The van der Waals surface area contributed by atoms with E-state index in [1.54, 1.807) is 0 Å². The molecule has 21 heavy (non-hydrogen) atoms. The third-order valence-electron chi connectivity index (χ3n) is 4.86. The van der Waals surface area contributed by atoms with E-state index < -0.39 is 5.60 Å². The second-order valence-corrected chi connectivity index (χ2v) is 7.01. The highest BCUT2D eigenvalue weighted by molar-refractivity contribution is 5.39. The molecule has 0 saturated heterocycles. The minimum atomic E-state index is -0.754. The monoisotopic (exact) mass is 290 g/mol. The van der Waals surface area contributed by atoms with Crippen molar-refractivity contribution in [2.45, 2.75) is 59.0 Å². The van der Waals surface area contributed by atoms with Crippen LogP contribution in [0.5, 0.6) is 5.75 Å². The fourth-order valence-electron chi connectivity index (χ4n) is 3.84. The smallest absolute Gasteiger partial charge is 0.125 e. The molecule has 1 aromatic rings. The van der Waals surface area contributed by atoms with Gasteiger partial charge in [0.05, 0.1) is 12.2 Å². The van der Waals surface area contributed by atoms with Crippen LogP contribution in [0.1, 0.15) is 58.9 Å². The van der Waals surface area contributed by atoms with Crippen molar-refractivity contribution in [2.24, 2.45) is 17.8 Å². The van der Waals surface area contributed by atoms with Gasteiger partial charge < -0.3 is 9.84 Å². The van der Waals surface area contributed by atoms with E-state index in [1.165, 1.54) is 6.42 Å². The molecule has 0 aromatic heterocycles. The first-order valence-electron chi connectivity index (χ1n) is 8.43. The molecule has 1 N–H and O–H groups in total. The molecule has 118 valence electrons. The number of hydrogen-bond acceptors (Lipinski definition) is 2. The second kappa shape index (κ2) is 6.83. The summed E-state index contributed by atoms with van der Waals surface area (Å²) in [7, 11) is 0. The van der Waals surface area contributed by atoms with Crippen LogP contribution in [0.25, 0.3) is 0 Å². The first-order chi connectivity index (χ1) is 9.99. The molecule has 0 aliphatic heterocycles. The summed E-state index contributed by atoms with van der Waals surface area (Å²) < 4.78 is 5.91. The number of ether oxygens (including phenoxy) is 1. The van der Waals surface area contributed by atoms with Crippen molar-refractivity contribution in [2.75, 3.05) is 6.61 Å². The number of benzene rings is 1. The highest BCUT2D eigenvalue weighted by Crippen LogP contribution is 2.49. The first-order valence-corrected chi connectivity index (χ1v) is 8.43. The molecule has 1 saturated carbocycles. The molecule has 0 radical (unpaired) electrons. The third kappa shape index (κ3) is 3.42. The van der Waals surface area contributed by atoms with Gasteiger partial charge in [-0.05, 0) is 43.1 Å². The Morgan fingerprint density at radius 3 is 2.67 bits per heavy atom. The lowest BCUT2D eigenvalue weighted by Crippen LogP contribution is -2.43. The quantitative estimate of drug-likeness (QED) is 0.847. The van der Waals surface area contributed by atoms with Gasteiger partial charge in [-0.1, -0.05) is 52.3 Å². The molecule has 3 atom stereocenters. The standard InChI is InChI=1S/C19H30O2/c1-5-12-21-18-9-7-6-8-17(18)19(20)13-15(4)10-11-16(19)14(2)3/h6-9,14-16,20H,5,10-13H2,1-4H3. The molecule has 1 aromatic carbocycles. The summed E-state index contributed by atoms with van der Waals surface area (Å²) in [6, 6.07) is 8.06. The van der Waals surface area contributed by atoms with Crippen molar-refractivity contribution in [3.05, 3.63) is 29.8 Å². The fraction of sp³-hybridized carbons (Fsp3) is 0.684. The molecular formula is C19H30O2. The van der Waals surface area contributed by atoms with Crippen LogP contribution in [0, 0.1) is 17.8 Å². The van der Waals surface area contributed by atoms with Gasteiger partial charge in [0.2, 0.25) is 0 Å². The van der Waals surface area contributed by atoms with Gasteiger partial charge in [-0.15, -0.1) is 0 Å². The summed E-state index contributed by atoms with van der Waals surface area (Å²) in [5.74, 6) is 2.20. The number of para-hydroxylation sites is 1. The Hall–Kier alpha value is -1.02. The molecule has 1 aliphatic rings. The molecule has 0 spiro atoms. The molecule has 1 fully saturated rings. The van der Waals surface area contributed by atoms with Gasteiger partial charge in [-0.3, -0.25) is 0 Å². The Kier molecular flexibility index (Phi) is 5.32. The van der Waals surface area contributed by atoms with Gasteiger partial charge in [-0.25, -0.2) is 0 Å². The molecule has 2 nitrogen and oxygen atoms in total. The maximum Gasteiger partial charge on any atom is 0.125 e. The average Bonchev–Trinajstić information content (AvgIpc) is 2.45. The van der Waals surface area contributed by atoms with Crippen molar-refractivity contribution in [1.29, 1.82) is 0 Å². The predicted molar refractivity (Wildman–Crippen MR) is 87.5 cm³/mol. The van der Waals surface area contributed by atoms with Gasteiger partial charge in [0.1, 0.15) is 5.75 Å². The first kappa shape index (κ1) is 16.4. The minimum Gasteiger partial charge on any atom is -0.493 e. The molecule has 3 unspecified atom stereocenters. The van der Waals surface area contributed by atoms with E-state index in [0.717, 1.165) is 30.6 Å². The molecule has 0 bridgehead atoms. The zero-order valence-corrected chi connectivity index (χ0v) is 13.9. The van der Waals surface area contributed by atoms with E-state index in [4.69, 9.17) is 4.74 Å². The third-order valence-corrected chi connectivity index (χ3v) is 4.86. The number of hydrogen-bond donors (Lipinski definition) is 1. The molecule has 1 aliphatic carbocycles. The Morgan fingerprint density at radius 2 is 2.00 bits per heavy atom. The maximum atomic E-state index is 11.5. The van der Waals surface area contributed by atoms with Gasteiger partial charge in [-0.2, -0.15) is 0 Å². The van der Waals surface area contributed by atoms with Crippen molar-refractivity contribution in [1.82, 2.24) is 0 Å². The van der Waals surface area contributed by atoms with Gasteiger partial charge in [0, 0.05) is 5.56 Å². The van der Waals surface area contributed by atoms with Crippen molar-refractivity contribution in [3.8, 4) is 5.75 Å². The Morgan fingerprint density at radius 1 is 1.29 bits per heavy atom. The van der Waals surface area contributed by atoms with Crippen LogP contribution in [0.15, 0.2) is 24.3 Å². The zero-order chi connectivity index (χ0) is 15.5. The average molecular weight is 290 g/mol. The molecule has 2 heteroatoms. The molecule has 2 rings (SSSR count). The fourth-order valence-corrected chi connectivity index (χ4v) is 3.84. The largest absolute Gasteiger partial charge is 0.493 e. The van der Waals surface area contributed by atoms with Crippen LogP contribution < -0.4 is 4.74 Å². The lowest BCUT2D eigenvalue weighted by molar-refractivity contribution is -0.0879. The summed E-state index contributed by atoms with van der Waals surface area (Å²) in [5.41, 5.74) is 0.236. The van der Waals surface area contributed by atoms with Crippen LogP contribution in [-0.4, -0.2) is 11.7 Å². The molecular weight excluding hydrogens is 260 g/mol. The van der Waals surface area contributed by atoms with Gasteiger partial charge in [0.15, 0.2) is 0 Å². The van der Waals surface area contributed by atoms with Gasteiger partial charge in [0.25, 0.3) is 0 Å². The van der Waals surface area contributed by atoms with E-state index >= 15 is 0 Å². The summed E-state index contributed by atoms with van der Waals surface area (Å²) >= 11 is 0. The van der Waals surface area contributed by atoms with E-state index in [9.17, 15) is 5.11 Å². The maximum absolute atomic E-state index is 11.5. The second-order valence-electron chi connectivity index (χ2n) is 7.01. The van der Waals surface area contributed by atoms with Crippen molar-refractivity contribution in [3.63, 3.8) is 0 Å². The summed E-state index contributed by atoms with van der Waals surface area (Å²) in [4.78, 5) is 0. The predicted octanol–water partition coefficient (Wildman–Crippen LogP) is 4.76. The van der Waals surface area contributed by atoms with Crippen LogP contribution in [0.3, 0.4) is 0 Å². The van der Waals surface area contributed by atoms with Crippen LogP contribution in [0.4, 0.5) is 0 Å². The summed E-state index contributed by atoms with van der Waals surface area (Å²) in [6.07, 6.45) is 4.12. The Bertz CT molecular complexity index is 455. The molecule has 0 amide bonds. The Labute approximate surface area is 129 Å². The van der Waals surface area contributed by atoms with E-state index in [-0.39, 0.29) is 0 Å². The van der Waals surface area contributed by atoms with Crippen molar-refractivity contribution >= 4 is 0 Å². The summed E-state index contributed by atoms with van der Waals surface area (Å²) in [5, 5.41) is 11.5. The van der Waals surface area contributed by atoms with Crippen molar-refractivity contribution < 1.29 is 9.84 Å². The van der Waals surface area contributed by atoms with E-state index in [1.807, 2.05) is 18.2 Å². The number of aliphatic hydroxyl groups is 1. The van der Waals surface area contributed by atoms with Crippen LogP contribution in [-0.2, 0) is 5.60 Å². The SMILES string of the molecule is CCCOc1ccccc1C1(O)CC(C)CCC1C(C)C. The highest BCUT2D eigenvalue weighted by Gasteiger charge is 2.45. The van der Waals surface area contributed by atoms with Crippen LogP contribution in [0.2, 0.25) is 0 Å². The lowest BCUT2D eigenvalue weighted by Gasteiger charge is -2.45. The van der Waals surface area contributed by atoms with Crippen LogP contribution >= 0.6 is 0 Å². The normalized spacial score (nSPS) is 29.6. The Balaban J connectivity index is 2.39. The van der Waals surface area contributed by atoms with E-state index in [2.05, 4.69) is 33.8 Å². The molecule has 0 heterocycles. The lowest BCUT2D eigenvalue weighted by atomic mass is 9.64. The highest BCUT2D eigenvalue weighted by atomic mass is 16.5. The summed E-state index contributed by atoms with van der Waals surface area (Å²) in [6.45, 7) is 9.51. The zero-order valence-electron chi connectivity index (χ0n) is 13.9. The van der Waals surface area contributed by atoms with E-state index in [0.29, 0.717) is 24.4 Å². The topological polar surface area (TPSA) is 29.5 Å². The minimum absolute atomic E-state index is 0.306.